The molecule has 0 saturated carbocycles. The van der Waals surface area contributed by atoms with Gasteiger partial charge in [-0.25, -0.2) is 9.97 Å². The van der Waals surface area contributed by atoms with E-state index in [0.717, 1.165) is 77.9 Å². The first-order valence-electron chi connectivity index (χ1n) is 15.0. The molecule has 3 heterocycles. The Labute approximate surface area is 260 Å². The zero-order valence-corrected chi connectivity index (χ0v) is 24.2. The van der Waals surface area contributed by atoms with Crippen molar-refractivity contribution in [2.24, 2.45) is 0 Å². The minimum atomic E-state index is 0.680. The van der Waals surface area contributed by atoms with Gasteiger partial charge in [-0.1, -0.05) is 97.1 Å². The highest BCUT2D eigenvalue weighted by Crippen LogP contribution is 2.48. The molecular formula is C41H25N3O. The molecule has 2 aromatic heterocycles. The quantitative estimate of drug-likeness (QED) is 0.209. The van der Waals surface area contributed by atoms with Crippen molar-refractivity contribution in [2.75, 3.05) is 0 Å². The Morgan fingerprint density at radius 2 is 1.13 bits per heavy atom. The molecule has 0 atom stereocenters. The van der Waals surface area contributed by atoms with Crippen molar-refractivity contribution >= 4 is 21.7 Å². The van der Waals surface area contributed by atoms with Gasteiger partial charge < -0.3 is 4.74 Å². The molecule has 0 fully saturated rings. The van der Waals surface area contributed by atoms with Crippen LogP contribution in [-0.2, 0) is 0 Å². The topological polar surface area (TPSA) is 47.9 Å². The van der Waals surface area contributed by atoms with Crippen LogP contribution in [0, 0.1) is 0 Å². The lowest BCUT2D eigenvalue weighted by molar-refractivity contribution is 0.487. The van der Waals surface area contributed by atoms with E-state index in [9.17, 15) is 0 Å². The number of ether oxygens (including phenoxy) is 1. The van der Waals surface area contributed by atoms with Crippen molar-refractivity contribution in [1.82, 2.24) is 15.0 Å². The summed E-state index contributed by atoms with van der Waals surface area (Å²) in [4.78, 5) is 14.9. The fourth-order valence-corrected chi connectivity index (χ4v) is 6.34. The lowest BCUT2D eigenvalue weighted by Gasteiger charge is -2.22. The van der Waals surface area contributed by atoms with Crippen LogP contribution in [0.3, 0.4) is 0 Å². The van der Waals surface area contributed by atoms with E-state index < -0.39 is 0 Å². The van der Waals surface area contributed by atoms with Gasteiger partial charge in [-0.15, -0.1) is 0 Å². The number of rotatable bonds is 4. The van der Waals surface area contributed by atoms with Crippen molar-refractivity contribution < 1.29 is 4.74 Å². The van der Waals surface area contributed by atoms with E-state index in [1.807, 2.05) is 54.7 Å². The number of hydrogen-bond donors (Lipinski definition) is 0. The second-order valence-electron chi connectivity index (χ2n) is 11.3. The summed E-state index contributed by atoms with van der Waals surface area (Å²) in [6.07, 6.45) is 1.96. The summed E-state index contributed by atoms with van der Waals surface area (Å²) in [5.74, 6) is 2.45. The van der Waals surface area contributed by atoms with Gasteiger partial charge in [-0.3, -0.25) is 4.98 Å². The third-order valence-electron chi connectivity index (χ3n) is 8.52. The van der Waals surface area contributed by atoms with Gasteiger partial charge in [0.1, 0.15) is 11.5 Å². The van der Waals surface area contributed by atoms with Crippen LogP contribution in [0.25, 0.3) is 77.8 Å². The third kappa shape index (κ3) is 4.35. The number of aromatic nitrogens is 3. The standard InChI is InChI=1S/C41H25N3O/c1-3-10-26(11-4-1)36-24-37(27-12-5-2-6-13-27)44-41(43-36)28-18-20-35-29(22-28)23-30(25-42-35)31-19-21-39-40-33(31)15-9-16-34(40)32-14-7-8-17-38(32)45-39/h1-25H. The maximum Gasteiger partial charge on any atom is 0.160 e. The summed E-state index contributed by atoms with van der Waals surface area (Å²) in [5, 5.41) is 3.30. The smallest absolute Gasteiger partial charge is 0.160 e. The fourth-order valence-electron chi connectivity index (χ4n) is 6.34. The Balaban J connectivity index is 1.18. The van der Waals surface area contributed by atoms with Gasteiger partial charge in [0.05, 0.1) is 16.9 Å². The second kappa shape index (κ2) is 10.2. The molecular weight excluding hydrogens is 550 g/mol. The number of fused-ring (bicyclic) bond motifs is 3. The number of para-hydroxylation sites is 1. The lowest BCUT2D eigenvalue weighted by atomic mass is 9.90. The molecule has 0 radical (unpaired) electrons. The first-order valence-corrected chi connectivity index (χ1v) is 15.0. The summed E-state index contributed by atoms with van der Waals surface area (Å²) in [7, 11) is 0. The highest BCUT2D eigenvalue weighted by molar-refractivity contribution is 6.10. The highest BCUT2D eigenvalue weighted by Gasteiger charge is 2.21. The molecule has 1 aliphatic heterocycles. The van der Waals surface area contributed by atoms with Crippen molar-refractivity contribution in [3.63, 3.8) is 0 Å². The summed E-state index contributed by atoms with van der Waals surface area (Å²) in [5.41, 5.74) is 10.2. The zero-order valence-electron chi connectivity index (χ0n) is 24.2. The molecule has 6 aromatic carbocycles. The van der Waals surface area contributed by atoms with Crippen molar-refractivity contribution in [2.45, 2.75) is 0 Å². The van der Waals surface area contributed by atoms with E-state index in [4.69, 9.17) is 19.7 Å². The number of pyridine rings is 1. The van der Waals surface area contributed by atoms with Crippen LogP contribution in [0.5, 0.6) is 11.5 Å². The summed E-state index contributed by atoms with van der Waals surface area (Å²) in [6.45, 7) is 0. The van der Waals surface area contributed by atoms with Crippen LogP contribution < -0.4 is 4.74 Å². The maximum atomic E-state index is 6.33. The Kier molecular flexibility index (Phi) is 5.78. The van der Waals surface area contributed by atoms with Crippen molar-refractivity contribution in [1.29, 1.82) is 0 Å². The normalized spacial score (nSPS) is 11.7. The maximum absolute atomic E-state index is 6.33. The molecule has 9 rings (SSSR count). The van der Waals surface area contributed by atoms with E-state index >= 15 is 0 Å². The molecule has 45 heavy (non-hydrogen) atoms. The molecule has 0 bridgehead atoms. The Morgan fingerprint density at radius 1 is 0.444 bits per heavy atom. The molecule has 0 saturated heterocycles. The van der Waals surface area contributed by atoms with E-state index in [1.54, 1.807) is 0 Å². The molecule has 0 aliphatic carbocycles. The van der Waals surface area contributed by atoms with Crippen molar-refractivity contribution in [3.8, 4) is 67.7 Å². The molecule has 4 nitrogen and oxygen atoms in total. The largest absolute Gasteiger partial charge is 0.456 e. The lowest BCUT2D eigenvalue weighted by Crippen LogP contribution is -1.98. The van der Waals surface area contributed by atoms with Gasteiger partial charge >= 0.3 is 0 Å². The molecule has 0 spiro atoms. The first-order chi connectivity index (χ1) is 22.3. The molecule has 4 heteroatoms. The Bertz CT molecular complexity index is 2340. The number of benzene rings is 6. The predicted molar refractivity (Wildman–Crippen MR) is 182 cm³/mol. The summed E-state index contributed by atoms with van der Waals surface area (Å²) >= 11 is 0. The van der Waals surface area contributed by atoms with Crippen LogP contribution in [0.2, 0.25) is 0 Å². The minimum absolute atomic E-state index is 0.680. The van der Waals surface area contributed by atoms with Gasteiger partial charge in [0, 0.05) is 44.8 Å². The average Bonchev–Trinajstić information content (AvgIpc) is 3.12. The summed E-state index contributed by atoms with van der Waals surface area (Å²) in [6, 6.07) is 50.0. The van der Waals surface area contributed by atoms with Gasteiger partial charge in [0.15, 0.2) is 5.82 Å². The van der Waals surface area contributed by atoms with Crippen LogP contribution in [0.4, 0.5) is 0 Å². The average molecular weight is 576 g/mol. The van der Waals surface area contributed by atoms with Crippen LogP contribution in [0.1, 0.15) is 0 Å². The number of nitrogens with zero attached hydrogens (tertiary/aromatic N) is 3. The predicted octanol–water partition coefficient (Wildman–Crippen LogP) is 10.6. The van der Waals surface area contributed by atoms with E-state index in [0.29, 0.717) is 5.82 Å². The Hall–Kier alpha value is -6.13. The monoisotopic (exact) mass is 575 g/mol. The molecule has 0 N–H and O–H groups in total. The van der Waals surface area contributed by atoms with Crippen LogP contribution in [0.15, 0.2) is 152 Å². The van der Waals surface area contributed by atoms with Crippen molar-refractivity contribution in [3.05, 3.63) is 152 Å². The van der Waals surface area contributed by atoms with Crippen LogP contribution >= 0.6 is 0 Å². The van der Waals surface area contributed by atoms with E-state index in [1.165, 1.54) is 5.56 Å². The van der Waals surface area contributed by atoms with Gasteiger partial charge in [-0.05, 0) is 65.0 Å². The van der Waals surface area contributed by atoms with Crippen LogP contribution in [-0.4, -0.2) is 15.0 Å². The molecule has 0 amide bonds. The summed E-state index contributed by atoms with van der Waals surface area (Å²) < 4.78 is 6.33. The first kappa shape index (κ1) is 25.4. The zero-order chi connectivity index (χ0) is 29.7. The molecule has 1 aliphatic rings. The van der Waals surface area contributed by atoms with E-state index in [-0.39, 0.29) is 0 Å². The minimum Gasteiger partial charge on any atom is -0.456 e. The van der Waals surface area contributed by atoms with Gasteiger partial charge in [-0.2, -0.15) is 0 Å². The third-order valence-corrected chi connectivity index (χ3v) is 8.52. The molecule has 0 unspecified atom stereocenters. The Morgan fingerprint density at radius 3 is 1.91 bits per heavy atom. The molecule has 210 valence electrons. The highest BCUT2D eigenvalue weighted by atomic mass is 16.5. The van der Waals surface area contributed by atoms with E-state index in [2.05, 4.69) is 97.1 Å². The molecule has 8 aromatic rings. The van der Waals surface area contributed by atoms with Gasteiger partial charge in [0.25, 0.3) is 0 Å². The van der Waals surface area contributed by atoms with Gasteiger partial charge in [0.2, 0.25) is 0 Å². The SMILES string of the molecule is c1ccc(-c2cc(-c3ccccc3)nc(-c3ccc4ncc(-c5ccc6c7c(cccc57)-c5ccccc5O6)cc4c3)n2)cc1. The second-order valence-corrected chi connectivity index (χ2v) is 11.3. The number of hydrogen-bond acceptors (Lipinski definition) is 4. The fraction of sp³-hybridized carbons (Fsp3) is 0.